The zero-order valence-corrected chi connectivity index (χ0v) is 23.1. The van der Waals surface area contributed by atoms with Crippen LogP contribution in [0.2, 0.25) is 0 Å². The van der Waals surface area contributed by atoms with Crippen LogP contribution in [-0.4, -0.2) is 71.9 Å². The Balaban J connectivity index is 1.44. The average Bonchev–Trinajstić information content (AvgIpc) is 2.99. The standard InChI is InChI=1S/C34H37N4O3/c39-35-32(21-28-13-5-1-6-14-28)25-38(24-31-19-11-4-12-20-31)26-33(35,22-29-15-7-2-8-16-29)37(41)34(27-38,36(32)40)23-30-17-9-3-10-18-30/h1-20,39-41H,21-27H2/q+1. The lowest BCUT2D eigenvalue weighted by atomic mass is 9.74. The summed E-state index contributed by atoms with van der Waals surface area (Å²) in [6.45, 7) is 2.25. The molecule has 8 rings (SSSR count). The number of nitrogens with zero attached hydrogens (tertiary/aromatic N) is 4. The van der Waals surface area contributed by atoms with Crippen molar-refractivity contribution in [3.8, 4) is 0 Å². The molecule has 4 aromatic rings. The maximum atomic E-state index is 12.4. The molecule has 0 aliphatic carbocycles. The van der Waals surface area contributed by atoms with Crippen molar-refractivity contribution >= 4 is 0 Å². The number of hydrogen-bond donors (Lipinski definition) is 3. The first-order chi connectivity index (χ1) is 19.9. The Morgan fingerprint density at radius 3 is 1.00 bits per heavy atom. The van der Waals surface area contributed by atoms with Gasteiger partial charge in [-0.3, -0.25) is 0 Å². The summed E-state index contributed by atoms with van der Waals surface area (Å²) in [6.07, 6.45) is 1.20. The first-order valence-corrected chi connectivity index (χ1v) is 14.4. The van der Waals surface area contributed by atoms with Crippen LogP contribution >= 0.6 is 0 Å². The van der Waals surface area contributed by atoms with E-state index in [1.54, 1.807) is 0 Å². The van der Waals surface area contributed by atoms with E-state index in [0.29, 0.717) is 43.4 Å². The second-order valence-corrected chi connectivity index (χ2v) is 12.3. The van der Waals surface area contributed by atoms with Crippen LogP contribution in [0, 0.1) is 0 Å². The van der Waals surface area contributed by atoms with Crippen molar-refractivity contribution in [1.29, 1.82) is 0 Å². The van der Waals surface area contributed by atoms with Crippen LogP contribution < -0.4 is 0 Å². The van der Waals surface area contributed by atoms with Crippen LogP contribution in [0.3, 0.4) is 0 Å². The Morgan fingerprint density at radius 2 is 0.707 bits per heavy atom. The lowest BCUT2D eigenvalue weighted by molar-refractivity contribution is -0.997. The average molecular weight is 550 g/mol. The summed E-state index contributed by atoms with van der Waals surface area (Å²) in [5.41, 5.74) is 0.732. The molecule has 4 aliphatic heterocycles. The first-order valence-electron chi connectivity index (χ1n) is 14.4. The van der Waals surface area contributed by atoms with E-state index in [2.05, 4.69) is 24.3 Å². The van der Waals surface area contributed by atoms with Crippen molar-refractivity contribution in [2.24, 2.45) is 0 Å². The Labute approximate surface area is 241 Å². The van der Waals surface area contributed by atoms with Gasteiger partial charge < -0.3 is 20.1 Å². The first kappa shape index (κ1) is 26.5. The Morgan fingerprint density at radius 1 is 0.439 bits per heavy atom. The van der Waals surface area contributed by atoms with Crippen molar-refractivity contribution in [3.63, 3.8) is 0 Å². The number of hydroxylamine groups is 6. The van der Waals surface area contributed by atoms with E-state index in [4.69, 9.17) is 0 Å². The van der Waals surface area contributed by atoms with Gasteiger partial charge in [0.25, 0.3) is 0 Å². The molecule has 4 aromatic carbocycles. The van der Waals surface area contributed by atoms with Crippen molar-refractivity contribution in [2.45, 2.75) is 42.8 Å². The van der Waals surface area contributed by atoms with Crippen LogP contribution in [0.1, 0.15) is 22.3 Å². The number of hydrogen-bond acceptors (Lipinski definition) is 6. The minimum absolute atomic E-state index is 0.399. The van der Waals surface area contributed by atoms with Crippen LogP contribution in [0.25, 0.3) is 0 Å². The van der Waals surface area contributed by atoms with Crippen molar-refractivity contribution in [3.05, 3.63) is 144 Å². The van der Waals surface area contributed by atoms with Crippen LogP contribution in [0.15, 0.2) is 121 Å². The molecule has 0 aromatic heterocycles. The summed E-state index contributed by atoms with van der Waals surface area (Å²) < 4.78 is 0.627. The van der Waals surface area contributed by atoms with Crippen LogP contribution in [0.5, 0.6) is 0 Å². The highest BCUT2D eigenvalue weighted by molar-refractivity contribution is 5.28. The van der Waals surface area contributed by atoms with Gasteiger partial charge in [0.2, 0.25) is 0 Å². The van der Waals surface area contributed by atoms with E-state index in [-0.39, 0.29) is 0 Å². The van der Waals surface area contributed by atoms with Gasteiger partial charge in [-0.2, -0.15) is 0 Å². The highest BCUT2D eigenvalue weighted by Gasteiger charge is 2.80. The van der Waals surface area contributed by atoms with Gasteiger partial charge in [0, 0.05) is 24.8 Å². The largest absolute Gasteiger partial charge is 0.311 e. The number of quaternary nitrogens is 1. The molecule has 4 saturated heterocycles. The van der Waals surface area contributed by atoms with Gasteiger partial charge in [-0.1, -0.05) is 121 Å². The van der Waals surface area contributed by atoms with Crippen LogP contribution in [-0.2, 0) is 25.8 Å². The predicted octanol–water partition coefficient (Wildman–Crippen LogP) is 4.93. The Bertz CT molecular complexity index is 1320. The third-order valence-corrected chi connectivity index (χ3v) is 9.48. The topological polar surface area (TPSA) is 70.4 Å². The zero-order valence-electron chi connectivity index (χ0n) is 23.1. The molecule has 0 amide bonds. The highest BCUT2D eigenvalue weighted by atomic mass is 16.6. The minimum atomic E-state index is -1.17. The summed E-state index contributed by atoms with van der Waals surface area (Å²) in [5.74, 6) is 0. The maximum absolute atomic E-state index is 12.4. The van der Waals surface area contributed by atoms with Gasteiger partial charge in [0.1, 0.15) is 26.2 Å². The molecule has 0 saturated carbocycles. The van der Waals surface area contributed by atoms with E-state index in [1.807, 2.05) is 97.1 Å². The quantitative estimate of drug-likeness (QED) is 0.271. The summed E-state index contributed by atoms with van der Waals surface area (Å²) in [4.78, 5) is 0. The zero-order chi connectivity index (χ0) is 28.1. The maximum Gasteiger partial charge on any atom is 0.178 e. The lowest BCUT2D eigenvalue weighted by Gasteiger charge is -2.76. The molecule has 7 heteroatoms. The predicted molar refractivity (Wildman–Crippen MR) is 155 cm³/mol. The highest BCUT2D eigenvalue weighted by Crippen LogP contribution is 2.57. The molecular formula is C34H37N4O3+. The molecule has 3 N–H and O–H groups in total. The minimum Gasteiger partial charge on any atom is -0.311 e. The molecule has 7 nitrogen and oxygen atoms in total. The number of piperazine rings is 3. The SMILES string of the molecule is ON1C2(Cc3ccccc3)C[N+]3(Cc4ccccc4)CC1(Cc1ccccc1)N(O)C(Cc1ccccc1)(C3)N2O. The molecule has 4 aliphatic rings. The monoisotopic (exact) mass is 549 g/mol. The molecule has 0 radical (unpaired) electrons. The van der Waals surface area contributed by atoms with Gasteiger partial charge in [0.15, 0.2) is 17.0 Å². The summed E-state index contributed by atoms with van der Waals surface area (Å²) in [7, 11) is 0. The molecule has 210 valence electrons. The summed E-state index contributed by atoms with van der Waals surface area (Å²) in [5, 5.41) is 41.0. The van der Waals surface area contributed by atoms with E-state index in [9.17, 15) is 15.6 Å². The smallest absolute Gasteiger partial charge is 0.178 e. The molecule has 4 bridgehead atoms. The van der Waals surface area contributed by atoms with Crippen molar-refractivity contribution in [2.75, 3.05) is 19.6 Å². The Hall–Kier alpha value is -3.40. The third-order valence-electron chi connectivity index (χ3n) is 9.48. The van der Waals surface area contributed by atoms with Crippen LogP contribution in [0.4, 0.5) is 0 Å². The van der Waals surface area contributed by atoms with E-state index < -0.39 is 17.0 Å². The van der Waals surface area contributed by atoms with E-state index in [1.165, 1.54) is 20.8 Å². The lowest BCUT2D eigenvalue weighted by Crippen LogP contribution is -3.00. The second kappa shape index (κ2) is 9.86. The number of benzene rings is 4. The molecule has 0 atom stereocenters. The van der Waals surface area contributed by atoms with E-state index >= 15 is 0 Å². The Kier molecular flexibility index (Phi) is 6.37. The molecule has 4 heterocycles. The fourth-order valence-corrected chi connectivity index (χ4v) is 8.14. The summed E-state index contributed by atoms with van der Waals surface area (Å²) in [6, 6.07) is 40.6. The van der Waals surface area contributed by atoms with Gasteiger partial charge in [-0.05, 0) is 16.7 Å². The normalized spacial score (nSPS) is 31.5. The summed E-state index contributed by atoms with van der Waals surface area (Å²) >= 11 is 0. The second-order valence-electron chi connectivity index (χ2n) is 12.3. The van der Waals surface area contributed by atoms with Gasteiger partial charge in [-0.25, -0.2) is 0 Å². The van der Waals surface area contributed by atoms with Crippen molar-refractivity contribution < 1.29 is 20.1 Å². The molecule has 4 fully saturated rings. The fraction of sp³-hybridized carbons (Fsp3) is 0.294. The fourth-order valence-electron chi connectivity index (χ4n) is 8.14. The van der Waals surface area contributed by atoms with Crippen molar-refractivity contribution in [1.82, 2.24) is 15.2 Å². The molecule has 0 spiro atoms. The van der Waals surface area contributed by atoms with Gasteiger partial charge in [0.05, 0.1) is 0 Å². The van der Waals surface area contributed by atoms with E-state index in [0.717, 1.165) is 23.2 Å². The molecular weight excluding hydrogens is 512 g/mol. The number of rotatable bonds is 8. The van der Waals surface area contributed by atoms with Gasteiger partial charge >= 0.3 is 0 Å². The third kappa shape index (κ3) is 4.16. The van der Waals surface area contributed by atoms with Gasteiger partial charge in [-0.15, -0.1) is 15.2 Å². The molecule has 41 heavy (non-hydrogen) atoms. The molecule has 0 unspecified atom stereocenters.